The van der Waals surface area contributed by atoms with E-state index in [0.717, 1.165) is 5.56 Å². The van der Waals surface area contributed by atoms with Gasteiger partial charge >= 0.3 is 0 Å². The SMILES string of the molecule is COc1ccc(OC)c2c1CN(C(=O)[C@H]1NCCO[C@@H]1C)CC2O.Cl. The minimum Gasteiger partial charge on any atom is -0.496 e. The zero-order valence-corrected chi connectivity index (χ0v) is 15.5. The van der Waals surface area contributed by atoms with Crippen LogP contribution in [0.3, 0.4) is 0 Å². The van der Waals surface area contributed by atoms with Crippen molar-refractivity contribution in [1.82, 2.24) is 10.2 Å². The van der Waals surface area contributed by atoms with Gasteiger partial charge in [0.2, 0.25) is 5.91 Å². The summed E-state index contributed by atoms with van der Waals surface area (Å²) in [6.07, 6.45) is -1.01. The predicted molar refractivity (Wildman–Crippen MR) is 94.4 cm³/mol. The van der Waals surface area contributed by atoms with Gasteiger partial charge in [0.1, 0.15) is 23.6 Å². The largest absolute Gasteiger partial charge is 0.496 e. The van der Waals surface area contributed by atoms with Crippen molar-refractivity contribution in [1.29, 1.82) is 0 Å². The summed E-state index contributed by atoms with van der Waals surface area (Å²) in [5.41, 5.74) is 1.48. The Morgan fingerprint density at radius 1 is 1.32 bits per heavy atom. The molecule has 25 heavy (non-hydrogen) atoms. The molecule has 1 saturated heterocycles. The number of nitrogens with one attached hydrogen (secondary N) is 1. The van der Waals surface area contributed by atoms with Gasteiger partial charge in [0.25, 0.3) is 0 Å². The van der Waals surface area contributed by atoms with E-state index in [1.54, 1.807) is 31.3 Å². The topological polar surface area (TPSA) is 80.3 Å². The van der Waals surface area contributed by atoms with Crippen molar-refractivity contribution in [3.8, 4) is 11.5 Å². The number of β-amino-alcohol motifs (C(OH)–C–C–N with tert-alkyl or cyclic N) is 1. The second-order valence-electron chi connectivity index (χ2n) is 6.10. The Hall–Kier alpha value is -1.54. The molecule has 1 fully saturated rings. The molecule has 3 rings (SSSR count). The zero-order chi connectivity index (χ0) is 17.3. The molecule has 0 spiro atoms. The smallest absolute Gasteiger partial charge is 0.242 e. The highest BCUT2D eigenvalue weighted by Crippen LogP contribution is 2.39. The standard InChI is InChI=1S/C17H24N2O5.ClH/c1-10-16(18-6-7-24-10)17(21)19-8-11-13(22-2)4-5-14(23-3)15(11)12(20)9-19;/h4-5,10,12,16,18,20H,6-9H2,1-3H3;1H/t10-,12?,16+;/m1./s1. The van der Waals surface area contributed by atoms with E-state index in [9.17, 15) is 9.90 Å². The highest BCUT2D eigenvalue weighted by molar-refractivity contribution is 5.85. The van der Waals surface area contributed by atoms with Gasteiger partial charge in [-0.05, 0) is 19.1 Å². The predicted octanol–water partition coefficient (Wildman–Crippen LogP) is 0.878. The summed E-state index contributed by atoms with van der Waals surface area (Å²) >= 11 is 0. The molecule has 3 atom stereocenters. The quantitative estimate of drug-likeness (QED) is 0.819. The molecule has 2 aliphatic rings. The van der Waals surface area contributed by atoms with Crippen LogP contribution < -0.4 is 14.8 Å². The Kier molecular flexibility index (Phi) is 6.51. The molecule has 140 valence electrons. The van der Waals surface area contributed by atoms with Crippen LogP contribution in [0.5, 0.6) is 11.5 Å². The summed E-state index contributed by atoms with van der Waals surface area (Å²) in [4.78, 5) is 14.5. The van der Waals surface area contributed by atoms with E-state index in [4.69, 9.17) is 14.2 Å². The molecule has 1 aromatic rings. The molecule has 0 saturated carbocycles. The molecular formula is C17H25ClN2O5. The van der Waals surface area contributed by atoms with E-state index in [1.165, 1.54) is 0 Å². The molecule has 2 aliphatic heterocycles. The lowest BCUT2D eigenvalue weighted by Gasteiger charge is -2.38. The number of morpholine rings is 1. The lowest BCUT2D eigenvalue weighted by Crippen LogP contribution is -2.57. The molecule has 8 heteroatoms. The van der Waals surface area contributed by atoms with Gasteiger partial charge in [-0.1, -0.05) is 0 Å². The number of fused-ring (bicyclic) bond motifs is 1. The van der Waals surface area contributed by atoms with Gasteiger partial charge in [0, 0.05) is 24.2 Å². The first-order chi connectivity index (χ1) is 11.6. The van der Waals surface area contributed by atoms with Crippen molar-refractivity contribution in [3.63, 3.8) is 0 Å². The van der Waals surface area contributed by atoms with Gasteiger partial charge in [0.05, 0.1) is 33.5 Å². The first-order valence-corrected chi connectivity index (χ1v) is 8.12. The Labute approximate surface area is 153 Å². The van der Waals surface area contributed by atoms with E-state index in [1.807, 2.05) is 6.92 Å². The number of halogens is 1. The first-order valence-electron chi connectivity index (χ1n) is 8.12. The van der Waals surface area contributed by atoms with E-state index in [2.05, 4.69) is 5.32 Å². The van der Waals surface area contributed by atoms with Gasteiger partial charge in [-0.2, -0.15) is 0 Å². The van der Waals surface area contributed by atoms with Crippen LogP contribution in [-0.4, -0.2) is 62.0 Å². The maximum absolute atomic E-state index is 12.9. The summed E-state index contributed by atoms with van der Waals surface area (Å²) in [5, 5.41) is 13.8. The summed E-state index contributed by atoms with van der Waals surface area (Å²) in [7, 11) is 3.14. The van der Waals surface area contributed by atoms with Crippen molar-refractivity contribution < 1.29 is 24.1 Å². The van der Waals surface area contributed by atoms with Crippen LogP contribution in [-0.2, 0) is 16.1 Å². The van der Waals surface area contributed by atoms with Gasteiger partial charge in [-0.25, -0.2) is 0 Å². The molecule has 0 aromatic heterocycles. The Morgan fingerprint density at radius 2 is 2.00 bits per heavy atom. The fourth-order valence-corrected chi connectivity index (χ4v) is 3.45. The monoisotopic (exact) mass is 372 g/mol. The van der Waals surface area contributed by atoms with E-state index in [0.29, 0.717) is 36.8 Å². The van der Waals surface area contributed by atoms with Crippen LogP contribution in [0.2, 0.25) is 0 Å². The highest BCUT2D eigenvalue weighted by Gasteiger charge is 2.37. The second kappa shape index (κ2) is 8.23. The summed E-state index contributed by atoms with van der Waals surface area (Å²) < 4.78 is 16.3. The van der Waals surface area contributed by atoms with Crippen molar-refractivity contribution in [3.05, 3.63) is 23.3 Å². The molecule has 2 heterocycles. The van der Waals surface area contributed by atoms with Gasteiger partial charge in [-0.15, -0.1) is 12.4 Å². The summed E-state index contributed by atoms with van der Waals surface area (Å²) in [5.74, 6) is 1.18. The Balaban J connectivity index is 0.00000225. The van der Waals surface area contributed by atoms with Crippen molar-refractivity contribution in [2.75, 3.05) is 33.9 Å². The number of methoxy groups -OCH3 is 2. The minimum absolute atomic E-state index is 0. The normalized spacial score (nSPS) is 25.6. The van der Waals surface area contributed by atoms with Gasteiger partial charge in [0.15, 0.2) is 0 Å². The molecule has 1 unspecified atom stereocenters. The van der Waals surface area contributed by atoms with Crippen molar-refractivity contribution >= 4 is 18.3 Å². The molecule has 1 aromatic carbocycles. The first kappa shape index (κ1) is 19.8. The molecule has 2 N–H and O–H groups in total. The molecule has 7 nitrogen and oxygen atoms in total. The van der Waals surface area contributed by atoms with Crippen molar-refractivity contribution in [2.45, 2.75) is 31.7 Å². The number of amides is 1. The van der Waals surface area contributed by atoms with E-state index >= 15 is 0 Å². The number of carbonyl (C=O) groups excluding carboxylic acids is 1. The average Bonchev–Trinajstić information content (AvgIpc) is 2.60. The number of nitrogens with zero attached hydrogens (tertiary/aromatic N) is 1. The van der Waals surface area contributed by atoms with Crippen LogP contribution in [0.1, 0.15) is 24.2 Å². The third kappa shape index (κ3) is 3.69. The number of aliphatic hydroxyl groups is 1. The number of benzene rings is 1. The van der Waals surface area contributed by atoms with E-state index in [-0.39, 0.29) is 31.0 Å². The van der Waals surface area contributed by atoms with E-state index < -0.39 is 12.1 Å². The maximum atomic E-state index is 12.9. The summed E-state index contributed by atoms with van der Waals surface area (Å²) in [6.45, 7) is 3.72. The molecule has 0 radical (unpaired) electrons. The van der Waals surface area contributed by atoms with Crippen LogP contribution in [0.25, 0.3) is 0 Å². The summed E-state index contributed by atoms with van der Waals surface area (Å²) in [6, 6.07) is 3.17. The van der Waals surface area contributed by atoms with Crippen molar-refractivity contribution in [2.24, 2.45) is 0 Å². The van der Waals surface area contributed by atoms with Gasteiger partial charge in [-0.3, -0.25) is 4.79 Å². The number of ether oxygens (including phenoxy) is 3. The van der Waals surface area contributed by atoms with Crippen LogP contribution in [0.15, 0.2) is 12.1 Å². The van der Waals surface area contributed by atoms with Gasteiger partial charge < -0.3 is 29.5 Å². The number of hydrogen-bond acceptors (Lipinski definition) is 6. The fraction of sp³-hybridized carbons (Fsp3) is 0.588. The minimum atomic E-state index is -0.817. The average molecular weight is 373 g/mol. The number of aliphatic hydroxyl groups excluding tert-OH is 1. The van der Waals surface area contributed by atoms with Crippen LogP contribution in [0, 0.1) is 0 Å². The number of rotatable bonds is 3. The number of carbonyl (C=O) groups is 1. The fourth-order valence-electron chi connectivity index (χ4n) is 3.45. The zero-order valence-electron chi connectivity index (χ0n) is 14.7. The molecule has 1 amide bonds. The highest BCUT2D eigenvalue weighted by atomic mass is 35.5. The lowest BCUT2D eigenvalue weighted by molar-refractivity contribution is -0.142. The van der Waals surface area contributed by atoms with Crippen LogP contribution in [0.4, 0.5) is 0 Å². The molecule has 0 bridgehead atoms. The Morgan fingerprint density at radius 3 is 2.64 bits per heavy atom. The second-order valence-corrected chi connectivity index (χ2v) is 6.10. The lowest BCUT2D eigenvalue weighted by atomic mass is 9.94. The maximum Gasteiger partial charge on any atom is 0.242 e. The molecule has 0 aliphatic carbocycles. The van der Waals surface area contributed by atoms with Crippen LogP contribution >= 0.6 is 12.4 Å². The third-order valence-corrected chi connectivity index (χ3v) is 4.68. The number of hydrogen-bond donors (Lipinski definition) is 2. The molecular weight excluding hydrogens is 348 g/mol. The Bertz CT molecular complexity index is 627. The third-order valence-electron chi connectivity index (χ3n) is 4.68.